The van der Waals surface area contributed by atoms with Gasteiger partial charge in [0.1, 0.15) is 0 Å². The molecule has 0 radical (unpaired) electrons. The van der Waals surface area contributed by atoms with Gasteiger partial charge in [0.15, 0.2) is 0 Å². The van der Waals surface area contributed by atoms with Crippen molar-refractivity contribution < 1.29 is 19.1 Å². The first-order valence-corrected chi connectivity index (χ1v) is 13.2. The van der Waals surface area contributed by atoms with Crippen LogP contribution in [0.25, 0.3) is 0 Å². The first-order valence-electron chi connectivity index (χ1n) is 13.2. The smallest absolute Gasteiger partial charge is 0.305 e. The Hall–Kier alpha value is -1.32. The fourth-order valence-electron chi connectivity index (χ4n) is 3.53. The van der Waals surface area contributed by atoms with Crippen molar-refractivity contribution in [1.29, 1.82) is 0 Å². The lowest BCUT2D eigenvalue weighted by molar-refractivity contribution is -0.145. The molecule has 0 unspecified atom stereocenters. The fraction of sp³-hybridized carbons (Fsp3) is 0.852. The maximum atomic E-state index is 11.7. The molecule has 0 rings (SSSR count). The summed E-state index contributed by atoms with van der Waals surface area (Å²) in [5.41, 5.74) is 0. The minimum atomic E-state index is -0.232. The summed E-state index contributed by atoms with van der Waals surface area (Å²) in [6.45, 7) is 5.26. The second kappa shape index (κ2) is 24.9. The van der Waals surface area contributed by atoms with Gasteiger partial charge in [-0.1, -0.05) is 109 Å². The molecule has 0 aromatic rings. The minimum absolute atomic E-state index is 0.201. The normalized spacial score (nSPS) is 11.2. The quantitative estimate of drug-likeness (QED) is 0.0919. The Morgan fingerprint density at radius 3 is 1.48 bits per heavy atom. The van der Waals surface area contributed by atoms with Crippen LogP contribution in [0.1, 0.15) is 136 Å². The third kappa shape index (κ3) is 24.8. The number of allylic oxidation sites excluding steroid dienone is 1. The molecule has 0 saturated carbocycles. The van der Waals surface area contributed by atoms with Gasteiger partial charge in [0, 0.05) is 12.8 Å². The third-order valence-electron chi connectivity index (χ3n) is 5.47. The Kier molecular flexibility index (Phi) is 23.9. The van der Waals surface area contributed by atoms with Crippen molar-refractivity contribution in [2.45, 2.75) is 136 Å². The second-order valence-corrected chi connectivity index (χ2v) is 8.56. The van der Waals surface area contributed by atoms with E-state index in [0.717, 1.165) is 25.7 Å². The topological polar surface area (TPSA) is 52.6 Å². The number of rotatable bonds is 23. The van der Waals surface area contributed by atoms with E-state index in [1.165, 1.54) is 77.0 Å². The molecule has 0 aliphatic rings. The summed E-state index contributed by atoms with van der Waals surface area (Å²) in [4.78, 5) is 23.3. The van der Waals surface area contributed by atoms with Crippen LogP contribution in [0.4, 0.5) is 0 Å². The summed E-state index contributed by atoms with van der Waals surface area (Å²) in [7, 11) is 0. The van der Waals surface area contributed by atoms with Gasteiger partial charge in [0.05, 0.1) is 13.2 Å². The Morgan fingerprint density at radius 2 is 1.00 bits per heavy atom. The molecule has 0 heterocycles. The highest BCUT2D eigenvalue weighted by atomic mass is 16.5. The molecular formula is C27H50O4. The van der Waals surface area contributed by atoms with Crippen LogP contribution in [0.2, 0.25) is 0 Å². The van der Waals surface area contributed by atoms with E-state index in [9.17, 15) is 9.59 Å². The van der Waals surface area contributed by atoms with Crippen molar-refractivity contribution in [2.75, 3.05) is 13.2 Å². The lowest BCUT2D eigenvalue weighted by Crippen LogP contribution is -2.09. The minimum Gasteiger partial charge on any atom is -0.466 e. The van der Waals surface area contributed by atoms with Crippen LogP contribution in [0.3, 0.4) is 0 Å². The van der Waals surface area contributed by atoms with E-state index < -0.39 is 0 Å². The molecule has 0 bridgehead atoms. The van der Waals surface area contributed by atoms with E-state index in [-0.39, 0.29) is 18.4 Å². The summed E-state index contributed by atoms with van der Waals surface area (Å²) in [6, 6.07) is 0. The molecule has 0 amide bonds. The first-order chi connectivity index (χ1) is 15.2. The van der Waals surface area contributed by atoms with Crippen LogP contribution < -0.4 is 0 Å². The number of hydrogen-bond donors (Lipinski definition) is 0. The molecule has 0 spiro atoms. The molecule has 0 aliphatic carbocycles. The summed E-state index contributed by atoms with van der Waals surface area (Å²) >= 11 is 0. The molecule has 4 heteroatoms. The van der Waals surface area contributed by atoms with Gasteiger partial charge in [-0.05, 0) is 25.7 Å². The molecule has 0 aromatic carbocycles. The van der Waals surface area contributed by atoms with Gasteiger partial charge in [-0.2, -0.15) is 0 Å². The molecule has 31 heavy (non-hydrogen) atoms. The third-order valence-corrected chi connectivity index (χ3v) is 5.47. The van der Waals surface area contributed by atoms with Crippen LogP contribution in [-0.4, -0.2) is 25.2 Å². The molecule has 182 valence electrons. The van der Waals surface area contributed by atoms with Gasteiger partial charge in [-0.15, -0.1) is 0 Å². The van der Waals surface area contributed by atoms with Gasteiger partial charge in [-0.3, -0.25) is 9.59 Å². The predicted octanol–water partition coefficient (Wildman–Crippen LogP) is 8.08. The van der Waals surface area contributed by atoms with Gasteiger partial charge in [0.25, 0.3) is 0 Å². The summed E-state index contributed by atoms with van der Waals surface area (Å²) in [5, 5.41) is 0. The number of carbonyl (C=O) groups excluding carboxylic acids is 2. The number of ether oxygens (including phenoxy) is 2. The molecule has 0 saturated heterocycles. The van der Waals surface area contributed by atoms with E-state index in [0.29, 0.717) is 26.1 Å². The highest BCUT2D eigenvalue weighted by Crippen LogP contribution is 2.13. The summed E-state index contributed by atoms with van der Waals surface area (Å²) in [5.74, 6) is -0.432. The highest BCUT2D eigenvalue weighted by Gasteiger charge is 2.07. The van der Waals surface area contributed by atoms with Crippen molar-refractivity contribution >= 4 is 11.9 Å². The number of hydrogen-bond acceptors (Lipinski definition) is 4. The van der Waals surface area contributed by atoms with Crippen molar-refractivity contribution in [1.82, 2.24) is 0 Å². The number of unbranched alkanes of at least 4 members (excludes halogenated alkanes) is 13. The lowest BCUT2D eigenvalue weighted by atomic mass is 10.0. The lowest BCUT2D eigenvalue weighted by Gasteiger charge is -2.06. The molecule has 0 aliphatic heterocycles. The molecule has 0 N–H and O–H groups in total. The SMILES string of the molecule is CC/C=C/CCOC(=O)CCCC(=O)OCCCCCCCCCCCCCCCC. The van der Waals surface area contributed by atoms with E-state index in [1.807, 2.05) is 6.08 Å². The summed E-state index contributed by atoms with van der Waals surface area (Å²) < 4.78 is 10.4. The molecular weight excluding hydrogens is 388 g/mol. The van der Waals surface area contributed by atoms with Crippen molar-refractivity contribution in [3.05, 3.63) is 12.2 Å². The van der Waals surface area contributed by atoms with Gasteiger partial charge in [-0.25, -0.2) is 0 Å². The Morgan fingerprint density at radius 1 is 0.548 bits per heavy atom. The van der Waals surface area contributed by atoms with Gasteiger partial charge < -0.3 is 9.47 Å². The molecule has 0 atom stereocenters. The predicted molar refractivity (Wildman–Crippen MR) is 130 cm³/mol. The van der Waals surface area contributed by atoms with E-state index in [1.54, 1.807) is 0 Å². The van der Waals surface area contributed by atoms with Crippen molar-refractivity contribution in [3.63, 3.8) is 0 Å². The first kappa shape index (κ1) is 29.7. The Bertz CT molecular complexity index is 431. The molecule has 0 aromatic heterocycles. The zero-order valence-corrected chi connectivity index (χ0v) is 20.6. The van der Waals surface area contributed by atoms with Gasteiger partial charge >= 0.3 is 11.9 Å². The standard InChI is InChI=1S/C27H50O4/c1-3-5-7-9-10-11-12-13-14-15-16-17-18-20-25-31-27(29)23-21-22-26(28)30-24-19-8-6-4-2/h6,8H,3-5,7,9-25H2,1-2H3/b8-6+. The monoisotopic (exact) mass is 438 g/mol. The maximum Gasteiger partial charge on any atom is 0.305 e. The number of carbonyl (C=O) groups is 2. The summed E-state index contributed by atoms with van der Waals surface area (Å²) in [6.07, 6.45) is 25.4. The van der Waals surface area contributed by atoms with Crippen LogP contribution in [0.15, 0.2) is 12.2 Å². The highest BCUT2D eigenvalue weighted by molar-refractivity contribution is 5.72. The van der Waals surface area contributed by atoms with Crippen molar-refractivity contribution in [3.8, 4) is 0 Å². The zero-order chi connectivity index (χ0) is 22.8. The molecule has 0 fully saturated rings. The van der Waals surface area contributed by atoms with Crippen LogP contribution in [0, 0.1) is 0 Å². The molecule has 4 nitrogen and oxygen atoms in total. The van der Waals surface area contributed by atoms with Crippen LogP contribution >= 0.6 is 0 Å². The van der Waals surface area contributed by atoms with E-state index in [4.69, 9.17) is 9.47 Å². The average Bonchev–Trinajstić information content (AvgIpc) is 2.76. The van der Waals surface area contributed by atoms with E-state index in [2.05, 4.69) is 19.9 Å². The maximum absolute atomic E-state index is 11.7. The van der Waals surface area contributed by atoms with Crippen LogP contribution in [0.5, 0.6) is 0 Å². The number of esters is 2. The Labute approximate surface area is 192 Å². The zero-order valence-electron chi connectivity index (χ0n) is 20.6. The van der Waals surface area contributed by atoms with Crippen molar-refractivity contribution in [2.24, 2.45) is 0 Å². The Balaban J connectivity index is 3.27. The van der Waals surface area contributed by atoms with E-state index >= 15 is 0 Å². The second-order valence-electron chi connectivity index (χ2n) is 8.56. The largest absolute Gasteiger partial charge is 0.466 e. The average molecular weight is 439 g/mol. The van der Waals surface area contributed by atoms with Crippen LogP contribution in [-0.2, 0) is 19.1 Å². The fourth-order valence-corrected chi connectivity index (χ4v) is 3.53. The van der Waals surface area contributed by atoms with Gasteiger partial charge in [0.2, 0.25) is 0 Å².